The van der Waals surface area contributed by atoms with Crippen molar-refractivity contribution in [1.82, 2.24) is 10.3 Å². The molecule has 0 unspecified atom stereocenters. The molecule has 2 heterocycles. The third kappa shape index (κ3) is 2.80. The summed E-state index contributed by atoms with van der Waals surface area (Å²) in [6, 6.07) is 2.27. The largest absolute Gasteiger partial charge is 0.356 e. The molecule has 1 saturated carbocycles. The van der Waals surface area contributed by atoms with Crippen molar-refractivity contribution in [3.63, 3.8) is 0 Å². The summed E-state index contributed by atoms with van der Waals surface area (Å²) in [6.45, 7) is 2.84. The zero-order valence-corrected chi connectivity index (χ0v) is 10.7. The molecule has 0 atom stereocenters. The molecule has 98 valence electrons. The number of hydrogen-bond acceptors (Lipinski definition) is 3. The lowest BCUT2D eigenvalue weighted by atomic mass is 10.1. The summed E-state index contributed by atoms with van der Waals surface area (Å²) < 4.78 is 13.3. The van der Waals surface area contributed by atoms with Crippen LogP contribution < -0.4 is 10.2 Å². The molecule has 1 N–H and O–H groups in total. The average Bonchev–Trinajstić information content (AvgIpc) is 3.21. The van der Waals surface area contributed by atoms with E-state index < -0.39 is 0 Å². The van der Waals surface area contributed by atoms with Crippen LogP contribution in [0.2, 0.25) is 0 Å². The number of rotatable bonds is 4. The van der Waals surface area contributed by atoms with Crippen molar-refractivity contribution in [2.75, 3.05) is 18.0 Å². The Bertz CT molecular complexity index is 412. The summed E-state index contributed by atoms with van der Waals surface area (Å²) in [6.07, 6.45) is 7.57. The van der Waals surface area contributed by atoms with Gasteiger partial charge >= 0.3 is 0 Å². The molecule has 0 radical (unpaired) electrons. The standard InChI is InChI=1S/C14H20FN3/c15-12-8-11(9-16-13-4-5-13)14(17-10-12)18-6-2-1-3-7-18/h8,10,13,16H,1-7,9H2. The van der Waals surface area contributed by atoms with E-state index in [9.17, 15) is 4.39 Å². The molecule has 0 bridgehead atoms. The Morgan fingerprint density at radius 3 is 2.78 bits per heavy atom. The van der Waals surface area contributed by atoms with Crippen LogP contribution in [0.4, 0.5) is 10.2 Å². The summed E-state index contributed by atoms with van der Waals surface area (Å²) in [4.78, 5) is 6.61. The van der Waals surface area contributed by atoms with Gasteiger partial charge in [-0.15, -0.1) is 0 Å². The summed E-state index contributed by atoms with van der Waals surface area (Å²) in [5.74, 6) is 0.743. The van der Waals surface area contributed by atoms with E-state index >= 15 is 0 Å². The maximum Gasteiger partial charge on any atom is 0.141 e. The van der Waals surface area contributed by atoms with Gasteiger partial charge in [0.1, 0.15) is 11.6 Å². The summed E-state index contributed by atoms with van der Waals surface area (Å²) in [5.41, 5.74) is 1.00. The minimum atomic E-state index is -0.233. The first kappa shape index (κ1) is 11.9. The zero-order valence-electron chi connectivity index (χ0n) is 10.7. The molecule has 0 amide bonds. The van der Waals surface area contributed by atoms with Gasteiger partial charge in [-0.2, -0.15) is 0 Å². The van der Waals surface area contributed by atoms with E-state index in [0.717, 1.165) is 31.0 Å². The number of nitrogens with one attached hydrogen (secondary N) is 1. The molecular weight excluding hydrogens is 229 g/mol. The Hall–Kier alpha value is -1.16. The number of aromatic nitrogens is 1. The Morgan fingerprint density at radius 1 is 1.28 bits per heavy atom. The third-order valence-electron chi connectivity index (χ3n) is 3.72. The van der Waals surface area contributed by atoms with Crippen molar-refractivity contribution >= 4 is 5.82 Å². The number of halogens is 1. The molecule has 1 saturated heterocycles. The minimum absolute atomic E-state index is 0.233. The van der Waals surface area contributed by atoms with Gasteiger partial charge in [0.2, 0.25) is 0 Å². The van der Waals surface area contributed by atoms with Crippen LogP contribution >= 0.6 is 0 Å². The van der Waals surface area contributed by atoms with Crippen molar-refractivity contribution in [3.05, 3.63) is 23.6 Å². The Labute approximate surface area is 107 Å². The fourth-order valence-electron chi connectivity index (χ4n) is 2.54. The highest BCUT2D eigenvalue weighted by Crippen LogP contribution is 2.24. The lowest BCUT2D eigenvalue weighted by Crippen LogP contribution is -2.32. The molecule has 2 aliphatic rings. The monoisotopic (exact) mass is 249 g/mol. The number of hydrogen-bond donors (Lipinski definition) is 1. The van der Waals surface area contributed by atoms with E-state index in [1.165, 1.54) is 38.3 Å². The van der Waals surface area contributed by atoms with E-state index in [-0.39, 0.29) is 5.82 Å². The maximum atomic E-state index is 13.3. The van der Waals surface area contributed by atoms with Crippen molar-refractivity contribution in [2.45, 2.75) is 44.7 Å². The summed E-state index contributed by atoms with van der Waals surface area (Å²) in [5, 5.41) is 3.45. The van der Waals surface area contributed by atoms with Crippen LogP contribution in [0.3, 0.4) is 0 Å². The second kappa shape index (κ2) is 5.22. The van der Waals surface area contributed by atoms with Crippen LogP contribution in [-0.2, 0) is 6.54 Å². The number of anilines is 1. The number of piperidine rings is 1. The highest BCUT2D eigenvalue weighted by Gasteiger charge is 2.22. The SMILES string of the molecule is Fc1cnc(N2CCCCC2)c(CNC2CC2)c1. The van der Waals surface area contributed by atoms with Gasteiger partial charge in [0, 0.05) is 31.2 Å². The molecule has 2 fully saturated rings. The van der Waals surface area contributed by atoms with Crippen LogP contribution in [0.5, 0.6) is 0 Å². The predicted molar refractivity (Wildman–Crippen MR) is 70.1 cm³/mol. The first-order valence-corrected chi connectivity index (χ1v) is 6.96. The van der Waals surface area contributed by atoms with Gasteiger partial charge in [-0.25, -0.2) is 9.37 Å². The van der Waals surface area contributed by atoms with E-state index in [0.29, 0.717) is 6.04 Å². The average molecular weight is 249 g/mol. The normalized spacial score (nSPS) is 20.2. The maximum absolute atomic E-state index is 13.3. The Balaban J connectivity index is 1.76. The van der Waals surface area contributed by atoms with Crippen molar-refractivity contribution in [3.8, 4) is 0 Å². The van der Waals surface area contributed by atoms with Crippen LogP contribution in [0, 0.1) is 5.82 Å². The van der Waals surface area contributed by atoms with Crippen LogP contribution in [0.15, 0.2) is 12.3 Å². The Morgan fingerprint density at radius 2 is 2.06 bits per heavy atom. The minimum Gasteiger partial charge on any atom is -0.356 e. The van der Waals surface area contributed by atoms with Gasteiger partial charge in [0.25, 0.3) is 0 Å². The highest BCUT2D eigenvalue weighted by atomic mass is 19.1. The van der Waals surface area contributed by atoms with E-state index in [1.54, 1.807) is 6.07 Å². The van der Waals surface area contributed by atoms with Crippen molar-refractivity contribution in [2.24, 2.45) is 0 Å². The molecule has 0 aromatic carbocycles. The molecule has 0 spiro atoms. The lowest BCUT2D eigenvalue weighted by Gasteiger charge is -2.29. The fraction of sp³-hybridized carbons (Fsp3) is 0.643. The summed E-state index contributed by atoms with van der Waals surface area (Å²) in [7, 11) is 0. The van der Waals surface area contributed by atoms with Crippen LogP contribution in [-0.4, -0.2) is 24.1 Å². The van der Waals surface area contributed by atoms with Crippen molar-refractivity contribution < 1.29 is 4.39 Å². The van der Waals surface area contributed by atoms with Crippen LogP contribution in [0.25, 0.3) is 0 Å². The Kier molecular flexibility index (Phi) is 3.46. The van der Waals surface area contributed by atoms with Gasteiger partial charge in [0.05, 0.1) is 6.20 Å². The second-order valence-corrected chi connectivity index (χ2v) is 5.34. The molecule has 18 heavy (non-hydrogen) atoms. The van der Waals surface area contributed by atoms with Gasteiger partial charge < -0.3 is 10.2 Å². The van der Waals surface area contributed by atoms with E-state index in [4.69, 9.17) is 0 Å². The van der Waals surface area contributed by atoms with Gasteiger partial charge in [-0.3, -0.25) is 0 Å². The second-order valence-electron chi connectivity index (χ2n) is 5.34. The van der Waals surface area contributed by atoms with E-state index in [1.807, 2.05) is 0 Å². The number of pyridine rings is 1. The van der Waals surface area contributed by atoms with Crippen LogP contribution in [0.1, 0.15) is 37.7 Å². The molecule has 1 aromatic rings. The molecule has 3 rings (SSSR count). The molecule has 4 heteroatoms. The molecule has 3 nitrogen and oxygen atoms in total. The van der Waals surface area contributed by atoms with Crippen molar-refractivity contribution in [1.29, 1.82) is 0 Å². The predicted octanol–water partition coefficient (Wildman–Crippen LogP) is 2.46. The lowest BCUT2D eigenvalue weighted by molar-refractivity contribution is 0.564. The smallest absolute Gasteiger partial charge is 0.141 e. The molecular formula is C14H20FN3. The quantitative estimate of drug-likeness (QED) is 0.888. The molecule has 1 aliphatic carbocycles. The molecule has 1 aliphatic heterocycles. The van der Waals surface area contributed by atoms with Gasteiger partial charge in [-0.1, -0.05) is 0 Å². The van der Waals surface area contributed by atoms with E-state index in [2.05, 4.69) is 15.2 Å². The fourth-order valence-corrected chi connectivity index (χ4v) is 2.54. The van der Waals surface area contributed by atoms with Gasteiger partial charge in [0.15, 0.2) is 0 Å². The zero-order chi connectivity index (χ0) is 12.4. The third-order valence-corrected chi connectivity index (χ3v) is 3.72. The van der Waals surface area contributed by atoms with Gasteiger partial charge in [-0.05, 0) is 38.2 Å². The topological polar surface area (TPSA) is 28.2 Å². The molecule has 1 aromatic heterocycles. The number of nitrogens with zero attached hydrogens (tertiary/aromatic N) is 2. The first-order valence-electron chi connectivity index (χ1n) is 6.96. The highest BCUT2D eigenvalue weighted by molar-refractivity contribution is 5.47. The summed E-state index contributed by atoms with van der Waals surface area (Å²) >= 11 is 0. The first-order chi connectivity index (χ1) is 8.83.